The summed E-state index contributed by atoms with van der Waals surface area (Å²) >= 11 is 1.47. The predicted octanol–water partition coefficient (Wildman–Crippen LogP) is 2.13. The molecule has 0 aliphatic carbocycles. The Morgan fingerprint density at radius 1 is 1.30 bits per heavy atom. The van der Waals surface area contributed by atoms with Crippen molar-refractivity contribution in [3.05, 3.63) is 39.3 Å². The quantitative estimate of drug-likeness (QED) is 0.847. The highest BCUT2D eigenvalue weighted by molar-refractivity contribution is 7.89. The third kappa shape index (κ3) is 3.00. The summed E-state index contributed by atoms with van der Waals surface area (Å²) in [7, 11) is -3.60. The van der Waals surface area contributed by atoms with E-state index in [0.29, 0.717) is 16.8 Å². The van der Waals surface area contributed by atoms with Crippen LogP contribution in [0.15, 0.2) is 23.2 Å². The lowest BCUT2D eigenvalue weighted by Crippen LogP contribution is -2.25. The summed E-state index contributed by atoms with van der Waals surface area (Å²) in [6.07, 6.45) is 1.73. The molecule has 2 aromatic rings. The SMILES string of the molecule is Cc1cnc(CNS(=O)(=O)c2c(C)ccc(N)c2C)s1. The summed E-state index contributed by atoms with van der Waals surface area (Å²) in [5, 5.41) is 0.741. The molecule has 0 atom stereocenters. The number of aromatic nitrogens is 1. The lowest BCUT2D eigenvalue weighted by atomic mass is 10.1. The first-order valence-electron chi connectivity index (χ1n) is 6.08. The Balaban J connectivity index is 2.29. The van der Waals surface area contributed by atoms with E-state index < -0.39 is 10.0 Å². The number of nitrogens with one attached hydrogen (secondary N) is 1. The van der Waals surface area contributed by atoms with Gasteiger partial charge in [0, 0.05) is 16.8 Å². The number of nitrogen functional groups attached to an aromatic ring is 1. The van der Waals surface area contributed by atoms with Crippen LogP contribution in [0.5, 0.6) is 0 Å². The molecule has 0 fully saturated rings. The molecule has 0 amide bonds. The fraction of sp³-hybridized carbons (Fsp3) is 0.308. The standard InChI is InChI=1S/C13H17N3O2S2/c1-8-4-5-11(14)10(3)13(8)20(17,18)16-7-12-15-6-9(2)19-12/h4-6,16H,7,14H2,1-3H3. The average molecular weight is 311 g/mol. The molecule has 0 aliphatic rings. The van der Waals surface area contributed by atoms with Gasteiger partial charge in [0.05, 0.1) is 11.4 Å². The summed E-state index contributed by atoms with van der Waals surface area (Å²) in [6, 6.07) is 3.43. The molecule has 0 aliphatic heterocycles. The first kappa shape index (κ1) is 15.0. The molecule has 0 radical (unpaired) electrons. The van der Waals surface area contributed by atoms with Crippen molar-refractivity contribution in [2.24, 2.45) is 0 Å². The maximum atomic E-state index is 12.4. The summed E-state index contributed by atoms with van der Waals surface area (Å²) < 4.78 is 27.4. The first-order valence-corrected chi connectivity index (χ1v) is 8.38. The van der Waals surface area contributed by atoms with Crippen molar-refractivity contribution in [2.75, 3.05) is 5.73 Å². The molecular formula is C13H17N3O2S2. The molecule has 0 saturated heterocycles. The number of nitrogens with two attached hydrogens (primary N) is 1. The molecule has 0 saturated carbocycles. The monoisotopic (exact) mass is 311 g/mol. The fourth-order valence-electron chi connectivity index (χ4n) is 1.97. The number of anilines is 1. The number of aryl methyl sites for hydroxylation is 2. The van der Waals surface area contributed by atoms with E-state index in [1.165, 1.54) is 11.3 Å². The van der Waals surface area contributed by atoms with Gasteiger partial charge in [0.25, 0.3) is 0 Å². The van der Waals surface area contributed by atoms with Crippen LogP contribution in [-0.4, -0.2) is 13.4 Å². The van der Waals surface area contributed by atoms with Crippen molar-refractivity contribution < 1.29 is 8.42 Å². The lowest BCUT2D eigenvalue weighted by molar-refractivity contribution is 0.580. The Morgan fingerprint density at radius 3 is 2.60 bits per heavy atom. The molecular weight excluding hydrogens is 294 g/mol. The second-order valence-electron chi connectivity index (χ2n) is 4.62. The van der Waals surface area contributed by atoms with Gasteiger partial charge in [-0.15, -0.1) is 11.3 Å². The average Bonchev–Trinajstić information content (AvgIpc) is 2.78. The van der Waals surface area contributed by atoms with E-state index in [2.05, 4.69) is 9.71 Å². The highest BCUT2D eigenvalue weighted by Crippen LogP contribution is 2.24. The predicted molar refractivity (Wildman–Crippen MR) is 81.2 cm³/mol. The summed E-state index contributed by atoms with van der Waals surface area (Å²) in [5.41, 5.74) is 7.52. The van der Waals surface area contributed by atoms with E-state index >= 15 is 0 Å². The zero-order chi connectivity index (χ0) is 14.9. The fourth-order valence-corrected chi connectivity index (χ4v) is 4.27. The van der Waals surface area contributed by atoms with Gasteiger partial charge in [0.2, 0.25) is 10.0 Å². The van der Waals surface area contributed by atoms with Gasteiger partial charge in [-0.25, -0.2) is 18.1 Å². The molecule has 0 spiro atoms. The largest absolute Gasteiger partial charge is 0.398 e. The molecule has 0 unspecified atom stereocenters. The van der Waals surface area contributed by atoms with Crippen LogP contribution in [-0.2, 0) is 16.6 Å². The van der Waals surface area contributed by atoms with Gasteiger partial charge in [0.1, 0.15) is 5.01 Å². The normalized spacial score (nSPS) is 11.8. The second kappa shape index (κ2) is 5.51. The Labute approximate surface area is 122 Å². The summed E-state index contributed by atoms with van der Waals surface area (Å²) in [4.78, 5) is 5.45. The Kier molecular flexibility index (Phi) is 4.12. The minimum absolute atomic E-state index is 0.189. The van der Waals surface area contributed by atoms with E-state index in [9.17, 15) is 8.42 Å². The van der Waals surface area contributed by atoms with Crippen molar-refractivity contribution >= 4 is 27.0 Å². The Hall–Kier alpha value is -1.44. The number of hydrogen-bond acceptors (Lipinski definition) is 5. The van der Waals surface area contributed by atoms with Crippen molar-refractivity contribution in [3.63, 3.8) is 0 Å². The zero-order valence-electron chi connectivity index (χ0n) is 11.6. The Morgan fingerprint density at radius 2 is 2.00 bits per heavy atom. The van der Waals surface area contributed by atoms with Crippen LogP contribution in [0.2, 0.25) is 0 Å². The molecule has 2 rings (SSSR count). The van der Waals surface area contributed by atoms with E-state index in [1.807, 2.05) is 6.92 Å². The van der Waals surface area contributed by atoms with Crippen molar-refractivity contribution in [2.45, 2.75) is 32.2 Å². The zero-order valence-corrected chi connectivity index (χ0v) is 13.2. The molecule has 20 heavy (non-hydrogen) atoms. The van der Waals surface area contributed by atoms with Crippen LogP contribution in [0.4, 0.5) is 5.69 Å². The molecule has 108 valence electrons. The summed E-state index contributed by atoms with van der Waals surface area (Å²) in [6.45, 7) is 5.59. The molecule has 1 aromatic carbocycles. The van der Waals surface area contributed by atoms with Crippen molar-refractivity contribution in [1.82, 2.24) is 9.71 Å². The van der Waals surface area contributed by atoms with Crippen molar-refractivity contribution in [1.29, 1.82) is 0 Å². The molecule has 7 heteroatoms. The van der Waals surface area contributed by atoms with Gasteiger partial charge >= 0.3 is 0 Å². The van der Waals surface area contributed by atoms with Gasteiger partial charge in [-0.05, 0) is 38.0 Å². The number of sulfonamides is 1. The summed E-state index contributed by atoms with van der Waals surface area (Å²) in [5.74, 6) is 0. The number of nitrogens with zero attached hydrogens (tertiary/aromatic N) is 1. The number of rotatable bonds is 4. The molecule has 1 aromatic heterocycles. The highest BCUT2D eigenvalue weighted by atomic mass is 32.2. The molecule has 1 heterocycles. The minimum atomic E-state index is -3.60. The molecule has 3 N–H and O–H groups in total. The highest BCUT2D eigenvalue weighted by Gasteiger charge is 2.20. The lowest BCUT2D eigenvalue weighted by Gasteiger charge is -2.13. The van der Waals surface area contributed by atoms with E-state index in [0.717, 1.165) is 9.88 Å². The van der Waals surface area contributed by atoms with Gasteiger partial charge in [-0.3, -0.25) is 0 Å². The van der Waals surface area contributed by atoms with Crippen molar-refractivity contribution in [3.8, 4) is 0 Å². The van der Waals surface area contributed by atoms with E-state index in [4.69, 9.17) is 5.73 Å². The van der Waals surface area contributed by atoms with Crippen LogP contribution in [0, 0.1) is 20.8 Å². The van der Waals surface area contributed by atoms with Crippen LogP contribution in [0.1, 0.15) is 21.0 Å². The second-order valence-corrected chi connectivity index (χ2v) is 7.64. The molecule has 5 nitrogen and oxygen atoms in total. The first-order chi connectivity index (χ1) is 9.31. The van der Waals surface area contributed by atoms with E-state index in [1.54, 1.807) is 32.2 Å². The van der Waals surface area contributed by atoms with Crippen LogP contribution >= 0.6 is 11.3 Å². The van der Waals surface area contributed by atoms with Gasteiger partial charge < -0.3 is 5.73 Å². The Bertz CT molecular complexity index is 736. The number of thiazole rings is 1. The van der Waals surface area contributed by atoms with Crippen LogP contribution < -0.4 is 10.5 Å². The minimum Gasteiger partial charge on any atom is -0.398 e. The maximum Gasteiger partial charge on any atom is 0.241 e. The number of hydrogen-bond donors (Lipinski definition) is 2. The molecule has 0 bridgehead atoms. The third-order valence-corrected chi connectivity index (χ3v) is 5.60. The third-order valence-electron chi connectivity index (χ3n) is 3.00. The topological polar surface area (TPSA) is 85.1 Å². The number of benzene rings is 1. The van der Waals surface area contributed by atoms with Gasteiger partial charge in [0.15, 0.2) is 0 Å². The van der Waals surface area contributed by atoms with E-state index in [-0.39, 0.29) is 11.4 Å². The van der Waals surface area contributed by atoms with Gasteiger partial charge in [-0.2, -0.15) is 0 Å². The van der Waals surface area contributed by atoms with Crippen LogP contribution in [0.25, 0.3) is 0 Å². The maximum absolute atomic E-state index is 12.4. The van der Waals surface area contributed by atoms with Gasteiger partial charge in [-0.1, -0.05) is 6.07 Å². The van der Waals surface area contributed by atoms with Crippen LogP contribution in [0.3, 0.4) is 0 Å². The smallest absolute Gasteiger partial charge is 0.241 e.